The summed E-state index contributed by atoms with van der Waals surface area (Å²) in [5.41, 5.74) is 6.51. The van der Waals surface area contributed by atoms with Gasteiger partial charge in [0.25, 0.3) is 0 Å². The zero-order valence-electron chi connectivity index (χ0n) is 11.3. The number of aryl methyl sites for hydroxylation is 1. The number of anilines is 2. The molecule has 0 atom stereocenters. The molecule has 0 saturated heterocycles. The van der Waals surface area contributed by atoms with E-state index in [0.717, 1.165) is 12.8 Å². The zero-order chi connectivity index (χ0) is 15.0. The van der Waals surface area contributed by atoms with E-state index in [1.807, 2.05) is 6.07 Å². The molecule has 108 valence electrons. The largest absolute Gasteiger partial charge is 0.396 e. The number of nitrogen functional groups attached to an aromatic ring is 1. The van der Waals surface area contributed by atoms with E-state index in [9.17, 15) is 10.1 Å². The molecular formula is C13H13N5O2S. The van der Waals surface area contributed by atoms with Crippen molar-refractivity contribution in [2.24, 2.45) is 5.92 Å². The minimum atomic E-state index is 0.0393. The Balaban J connectivity index is 1.82. The average Bonchev–Trinajstić information content (AvgIpc) is 3.16. The van der Waals surface area contributed by atoms with Gasteiger partial charge in [0, 0.05) is 12.8 Å². The monoisotopic (exact) mass is 303 g/mol. The van der Waals surface area contributed by atoms with Crippen LogP contribution in [0, 0.1) is 24.2 Å². The van der Waals surface area contributed by atoms with Crippen molar-refractivity contribution in [1.82, 2.24) is 10.1 Å². The van der Waals surface area contributed by atoms with Gasteiger partial charge in [-0.05, 0) is 12.8 Å². The van der Waals surface area contributed by atoms with Crippen LogP contribution in [0.1, 0.15) is 39.8 Å². The number of hydrogen-bond acceptors (Lipinski definition) is 8. The van der Waals surface area contributed by atoms with Gasteiger partial charge in [0.2, 0.25) is 5.89 Å². The second-order valence-corrected chi connectivity index (χ2v) is 5.90. The number of Topliss-reactive ketones (excluding diaryl/α,β-unsaturated/α-hetero) is 1. The van der Waals surface area contributed by atoms with Crippen LogP contribution < -0.4 is 11.1 Å². The first-order valence-corrected chi connectivity index (χ1v) is 7.31. The van der Waals surface area contributed by atoms with Crippen LogP contribution in [0.3, 0.4) is 0 Å². The van der Waals surface area contributed by atoms with E-state index in [0.29, 0.717) is 33.7 Å². The Hall–Kier alpha value is -2.40. The summed E-state index contributed by atoms with van der Waals surface area (Å²) in [5, 5.41) is 16.6. The third-order valence-corrected chi connectivity index (χ3v) is 4.38. The number of carbonyl (C=O) groups excluding carboxylic acids is 1. The lowest BCUT2D eigenvalue weighted by atomic mass is 10.1. The Kier molecular flexibility index (Phi) is 3.35. The second-order valence-electron chi connectivity index (χ2n) is 4.88. The second kappa shape index (κ2) is 5.18. The Labute approximate surface area is 124 Å². The molecule has 0 amide bonds. The Morgan fingerprint density at radius 3 is 2.95 bits per heavy atom. The highest BCUT2D eigenvalue weighted by Crippen LogP contribution is 2.41. The summed E-state index contributed by atoms with van der Waals surface area (Å²) in [5.74, 6) is 1.07. The molecule has 2 heterocycles. The highest BCUT2D eigenvalue weighted by molar-refractivity contribution is 7.19. The number of thiophene rings is 1. The third kappa shape index (κ3) is 2.60. The third-order valence-electron chi connectivity index (χ3n) is 3.21. The summed E-state index contributed by atoms with van der Waals surface area (Å²) in [6.07, 6.45) is 1.81. The smallest absolute Gasteiger partial charge is 0.223 e. The highest BCUT2D eigenvalue weighted by atomic mass is 32.1. The van der Waals surface area contributed by atoms with Crippen molar-refractivity contribution in [3.05, 3.63) is 22.2 Å². The first-order valence-electron chi connectivity index (χ1n) is 6.49. The van der Waals surface area contributed by atoms with Crippen molar-refractivity contribution in [1.29, 1.82) is 5.26 Å². The minimum Gasteiger partial charge on any atom is -0.396 e. The van der Waals surface area contributed by atoms with E-state index in [2.05, 4.69) is 15.5 Å². The average molecular weight is 303 g/mol. The molecule has 0 spiro atoms. The fourth-order valence-electron chi connectivity index (χ4n) is 1.97. The lowest BCUT2D eigenvalue weighted by molar-refractivity contribution is 0.0972. The van der Waals surface area contributed by atoms with Crippen LogP contribution >= 0.6 is 11.3 Å². The zero-order valence-corrected chi connectivity index (χ0v) is 12.2. The summed E-state index contributed by atoms with van der Waals surface area (Å²) >= 11 is 1.22. The maximum absolute atomic E-state index is 12.1. The molecule has 0 unspecified atom stereocenters. The van der Waals surface area contributed by atoms with Gasteiger partial charge in [-0.2, -0.15) is 10.2 Å². The molecule has 3 N–H and O–H groups in total. The number of nitrogens with zero attached hydrogens (tertiary/aromatic N) is 3. The van der Waals surface area contributed by atoms with Gasteiger partial charge in [-0.15, -0.1) is 11.3 Å². The van der Waals surface area contributed by atoms with Gasteiger partial charge in [-0.1, -0.05) is 5.16 Å². The molecule has 0 aliphatic heterocycles. The number of nitrogens with one attached hydrogen (secondary N) is 1. The summed E-state index contributed by atoms with van der Waals surface area (Å²) in [4.78, 5) is 16.7. The van der Waals surface area contributed by atoms with Gasteiger partial charge in [0.05, 0.1) is 17.1 Å². The van der Waals surface area contributed by atoms with Crippen molar-refractivity contribution >= 4 is 27.8 Å². The molecule has 1 saturated carbocycles. The number of nitrogens with two attached hydrogens (primary N) is 1. The maximum Gasteiger partial charge on any atom is 0.223 e. The molecule has 3 rings (SSSR count). The summed E-state index contributed by atoms with van der Waals surface area (Å²) in [6, 6.07) is 2.05. The predicted molar refractivity (Wildman–Crippen MR) is 76.9 cm³/mol. The topological polar surface area (TPSA) is 118 Å². The number of rotatable bonds is 5. The number of aromatic nitrogens is 2. The maximum atomic E-state index is 12.1. The van der Waals surface area contributed by atoms with E-state index < -0.39 is 0 Å². The molecule has 2 aromatic rings. The number of ketones is 1. The fraction of sp³-hybridized carbons (Fsp3) is 0.385. The molecule has 1 fully saturated rings. The quantitative estimate of drug-likeness (QED) is 0.812. The predicted octanol–water partition coefficient (Wildman–Crippen LogP) is 2.10. The van der Waals surface area contributed by atoms with Crippen LogP contribution in [0.15, 0.2) is 4.52 Å². The van der Waals surface area contributed by atoms with Gasteiger partial charge >= 0.3 is 0 Å². The van der Waals surface area contributed by atoms with E-state index in [1.165, 1.54) is 11.3 Å². The SMILES string of the molecule is Cc1nc(CNc2sc(C(=O)C3CC3)c(N)c2C#N)no1. The minimum absolute atomic E-state index is 0.0393. The summed E-state index contributed by atoms with van der Waals surface area (Å²) < 4.78 is 4.87. The van der Waals surface area contributed by atoms with Crippen molar-refractivity contribution in [3.63, 3.8) is 0 Å². The van der Waals surface area contributed by atoms with Crippen molar-refractivity contribution in [2.75, 3.05) is 11.1 Å². The summed E-state index contributed by atoms with van der Waals surface area (Å²) in [6.45, 7) is 2.01. The van der Waals surface area contributed by atoms with Crippen LogP contribution in [0.4, 0.5) is 10.7 Å². The Bertz CT molecular complexity index is 738. The molecule has 2 aromatic heterocycles. The molecular weight excluding hydrogens is 290 g/mol. The lowest BCUT2D eigenvalue weighted by Crippen LogP contribution is -2.02. The van der Waals surface area contributed by atoms with Crippen molar-refractivity contribution in [3.8, 4) is 6.07 Å². The number of carbonyl (C=O) groups is 1. The van der Waals surface area contributed by atoms with E-state index >= 15 is 0 Å². The van der Waals surface area contributed by atoms with Crippen LogP contribution in [0.2, 0.25) is 0 Å². The van der Waals surface area contributed by atoms with Crippen molar-refractivity contribution in [2.45, 2.75) is 26.3 Å². The van der Waals surface area contributed by atoms with E-state index in [4.69, 9.17) is 10.3 Å². The molecule has 8 heteroatoms. The standard InChI is InChI=1S/C13H13N5O2S/c1-6-17-9(18-20-6)5-16-13-8(4-14)10(15)12(21-13)11(19)7-2-3-7/h7,16H,2-3,5,15H2,1H3. The van der Waals surface area contributed by atoms with Crippen LogP contribution in [0.5, 0.6) is 0 Å². The molecule has 7 nitrogen and oxygen atoms in total. The van der Waals surface area contributed by atoms with Crippen LogP contribution in [0.25, 0.3) is 0 Å². The molecule has 0 aromatic carbocycles. The van der Waals surface area contributed by atoms with Gasteiger partial charge in [0.1, 0.15) is 16.6 Å². The normalized spacial score (nSPS) is 13.9. The van der Waals surface area contributed by atoms with Gasteiger partial charge in [-0.25, -0.2) is 0 Å². The van der Waals surface area contributed by atoms with Crippen LogP contribution in [-0.2, 0) is 6.54 Å². The summed E-state index contributed by atoms with van der Waals surface area (Å²) in [7, 11) is 0. The van der Waals surface area contributed by atoms with Crippen LogP contribution in [-0.4, -0.2) is 15.9 Å². The first kappa shape index (κ1) is 13.6. The Morgan fingerprint density at radius 2 is 2.38 bits per heavy atom. The molecule has 0 bridgehead atoms. The first-order chi connectivity index (χ1) is 10.1. The van der Waals surface area contributed by atoms with Crippen molar-refractivity contribution < 1.29 is 9.32 Å². The Morgan fingerprint density at radius 1 is 1.62 bits per heavy atom. The lowest BCUT2D eigenvalue weighted by Gasteiger charge is -1.99. The molecule has 1 aliphatic carbocycles. The molecule has 0 radical (unpaired) electrons. The van der Waals surface area contributed by atoms with Gasteiger partial charge < -0.3 is 15.6 Å². The molecule has 21 heavy (non-hydrogen) atoms. The van der Waals surface area contributed by atoms with E-state index in [1.54, 1.807) is 6.92 Å². The number of nitriles is 1. The fourth-order valence-corrected chi connectivity index (χ4v) is 3.05. The highest BCUT2D eigenvalue weighted by Gasteiger charge is 2.34. The van der Waals surface area contributed by atoms with E-state index in [-0.39, 0.29) is 17.4 Å². The van der Waals surface area contributed by atoms with Gasteiger partial charge in [-0.3, -0.25) is 4.79 Å². The number of hydrogen-bond donors (Lipinski definition) is 2. The molecule has 1 aliphatic rings. The van der Waals surface area contributed by atoms with Gasteiger partial charge in [0.15, 0.2) is 11.6 Å².